The number of hydrogen-bond acceptors (Lipinski definition) is 0. The van der Waals surface area contributed by atoms with Gasteiger partial charge in [-0.05, 0) is 42.0 Å². The molecule has 90 valence electrons. The highest BCUT2D eigenvalue weighted by atomic mass is 14.1. The standard InChI is InChI=1S/C17H22/c1-6-10-17(13(2)3)15(5)14(4)16-11-8-7-9-12-16/h6-13H,1H2,2-5H3/b15-14+,17-10-. The lowest BCUT2D eigenvalue weighted by molar-refractivity contribution is 0.778. The van der Waals surface area contributed by atoms with Crippen LogP contribution in [0, 0.1) is 5.92 Å². The topological polar surface area (TPSA) is 0 Å². The van der Waals surface area contributed by atoms with Gasteiger partial charge in [-0.1, -0.05) is 62.9 Å². The Hall–Kier alpha value is -1.56. The summed E-state index contributed by atoms with van der Waals surface area (Å²) in [6.07, 6.45) is 3.99. The molecule has 0 aromatic heterocycles. The molecule has 0 spiro atoms. The zero-order valence-electron chi connectivity index (χ0n) is 11.3. The summed E-state index contributed by atoms with van der Waals surface area (Å²) in [6.45, 7) is 12.6. The fourth-order valence-electron chi connectivity index (χ4n) is 2.00. The minimum absolute atomic E-state index is 0.520. The van der Waals surface area contributed by atoms with Crippen molar-refractivity contribution in [2.24, 2.45) is 5.92 Å². The first-order valence-corrected chi connectivity index (χ1v) is 6.13. The third-order valence-corrected chi connectivity index (χ3v) is 3.12. The predicted octanol–water partition coefficient (Wildman–Crippen LogP) is 5.25. The molecule has 0 amide bonds. The van der Waals surface area contributed by atoms with Crippen LogP contribution in [0.3, 0.4) is 0 Å². The lowest BCUT2D eigenvalue weighted by Crippen LogP contribution is -1.98. The number of allylic oxidation sites excluding steroid dienone is 5. The van der Waals surface area contributed by atoms with Gasteiger partial charge in [-0.3, -0.25) is 0 Å². The summed E-state index contributed by atoms with van der Waals surface area (Å²) >= 11 is 0. The smallest absolute Gasteiger partial charge is 0.0216 e. The molecule has 0 heteroatoms. The number of hydrogen-bond donors (Lipinski definition) is 0. The normalized spacial score (nSPS) is 13.6. The largest absolute Gasteiger partial charge is 0.0991 e. The lowest BCUT2D eigenvalue weighted by atomic mass is 9.90. The molecular weight excluding hydrogens is 204 g/mol. The first-order chi connectivity index (χ1) is 8.07. The van der Waals surface area contributed by atoms with Crippen molar-refractivity contribution in [3.05, 3.63) is 65.8 Å². The zero-order valence-corrected chi connectivity index (χ0v) is 11.3. The van der Waals surface area contributed by atoms with E-state index in [1.54, 1.807) is 0 Å². The van der Waals surface area contributed by atoms with E-state index >= 15 is 0 Å². The Morgan fingerprint density at radius 2 is 1.71 bits per heavy atom. The molecule has 0 aliphatic rings. The molecule has 0 saturated heterocycles. The predicted molar refractivity (Wildman–Crippen MR) is 77.8 cm³/mol. The van der Waals surface area contributed by atoms with Gasteiger partial charge >= 0.3 is 0 Å². The highest BCUT2D eigenvalue weighted by Crippen LogP contribution is 2.27. The van der Waals surface area contributed by atoms with Gasteiger partial charge in [0.2, 0.25) is 0 Å². The van der Waals surface area contributed by atoms with Crippen LogP contribution in [0.2, 0.25) is 0 Å². The number of benzene rings is 1. The van der Waals surface area contributed by atoms with E-state index in [-0.39, 0.29) is 0 Å². The van der Waals surface area contributed by atoms with Crippen LogP contribution in [-0.2, 0) is 0 Å². The Morgan fingerprint density at radius 3 is 2.18 bits per heavy atom. The van der Waals surface area contributed by atoms with Crippen LogP contribution in [0.25, 0.3) is 5.57 Å². The van der Waals surface area contributed by atoms with Crippen LogP contribution in [-0.4, -0.2) is 0 Å². The maximum Gasteiger partial charge on any atom is -0.0216 e. The molecule has 17 heavy (non-hydrogen) atoms. The van der Waals surface area contributed by atoms with E-state index < -0.39 is 0 Å². The second-order valence-electron chi connectivity index (χ2n) is 4.63. The summed E-state index contributed by atoms with van der Waals surface area (Å²) in [5.74, 6) is 0.520. The molecule has 0 aliphatic carbocycles. The second kappa shape index (κ2) is 6.24. The molecule has 0 aliphatic heterocycles. The first-order valence-electron chi connectivity index (χ1n) is 6.13. The fourth-order valence-corrected chi connectivity index (χ4v) is 2.00. The monoisotopic (exact) mass is 226 g/mol. The molecule has 1 aromatic rings. The molecule has 0 nitrogen and oxygen atoms in total. The van der Waals surface area contributed by atoms with Gasteiger partial charge in [0.1, 0.15) is 0 Å². The molecule has 0 radical (unpaired) electrons. The van der Waals surface area contributed by atoms with Gasteiger partial charge in [0.05, 0.1) is 0 Å². The van der Waals surface area contributed by atoms with Gasteiger partial charge in [-0.15, -0.1) is 0 Å². The van der Waals surface area contributed by atoms with Gasteiger partial charge < -0.3 is 0 Å². The summed E-state index contributed by atoms with van der Waals surface area (Å²) in [5, 5.41) is 0. The Bertz CT molecular complexity index is 430. The van der Waals surface area contributed by atoms with Crippen molar-refractivity contribution in [1.29, 1.82) is 0 Å². The van der Waals surface area contributed by atoms with Gasteiger partial charge in [0, 0.05) is 0 Å². The van der Waals surface area contributed by atoms with Crippen LogP contribution in [0.4, 0.5) is 0 Å². The Morgan fingerprint density at radius 1 is 1.12 bits per heavy atom. The summed E-state index contributed by atoms with van der Waals surface area (Å²) in [5.41, 5.74) is 5.35. The van der Waals surface area contributed by atoms with E-state index in [4.69, 9.17) is 0 Å². The van der Waals surface area contributed by atoms with E-state index in [1.165, 1.54) is 22.3 Å². The minimum atomic E-state index is 0.520. The van der Waals surface area contributed by atoms with Crippen molar-refractivity contribution in [2.45, 2.75) is 27.7 Å². The minimum Gasteiger partial charge on any atom is -0.0991 e. The molecule has 0 bridgehead atoms. The lowest BCUT2D eigenvalue weighted by Gasteiger charge is -2.15. The molecule has 0 saturated carbocycles. The summed E-state index contributed by atoms with van der Waals surface area (Å²) in [4.78, 5) is 0. The van der Waals surface area contributed by atoms with Crippen LogP contribution in [0.1, 0.15) is 33.3 Å². The molecule has 0 heterocycles. The van der Waals surface area contributed by atoms with Gasteiger partial charge in [0.15, 0.2) is 0 Å². The maximum absolute atomic E-state index is 3.80. The molecule has 1 aromatic carbocycles. The van der Waals surface area contributed by atoms with E-state index in [1.807, 2.05) is 6.08 Å². The average molecular weight is 226 g/mol. The van der Waals surface area contributed by atoms with E-state index in [2.05, 4.69) is 70.7 Å². The van der Waals surface area contributed by atoms with E-state index in [0.717, 1.165) is 0 Å². The molecule has 0 N–H and O–H groups in total. The first kappa shape index (κ1) is 13.5. The van der Waals surface area contributed by atoms with Gasteiger partial charge in [-0.2, -0.15) is 0 Å². The molecule has 0 atom stereocenters. The third kappa shape index (κ3) is 3.45. The van der Waals surface area contributed by atoms with Crippen LogP contribution in [0.5, 0.6) is 0 Å². The van der Waals surface area contributed by atoms with Gasteiger partial charge in [-0.25, -0.2) is 0 Å². The molecule has 0 unspecified atom stereocenters. The van der Waals surface area contributed by atoms with Crippen molar-refractivity contribution in [3.8, 4) is 0 Å². The third-order valence-electron chi connectivity index (χ3n) is 3.12. The Labute approximate surface area is 105 Å². The van der Waals surface area contributed by atoms with Gasteiger partial charge in [0.25, 0.3) is 0 Å². The summed E-state index contributed by atoms with van der Waals surface area (Å²) in [7, 11) is 0. The molecule has 1 rings (SSSR count). The number of rotatable bonds is 4. The average Bonchev–Trinajstić information content (AvgIpc) is 2.35. The Kier molecular flexibility index (Phi) is 4.96. The zero-order chi connectivity index (χ0) is 12.8. The second-order valence-corrected chi connectivity index (χ2v) is 4.63. The Balaban J connectivity index is 3.20. The van der Waals surface area contributed by atoms with Crippen LogP contribution >= 0.6 is 0 Å². The highest BCUT2D eigenvalue weighted by Gasteiger charge is 2.08. The molecular formula is C17H22. The highest BCUT2D eigenvalue weighted by molar-refractivity contribution is 5.70. The van der Waals surface area contributed by atoms with Crippen molar-refractivity contribution < 1.29 is 0 Å². The van der Waals surface area contributed by atoms with E-state index in [9.17, 15) is 0 Å². The fraction of sp³-hybridized carbons (Fsp3) is 0.294. The van der Waals surface area contributed by atoms with E-state index in [0.29, 0.717) is 5.92 Å². The van der Waals surface area contributed by atoms with Crippen molar-refractivity contribution in [2.75, 3.05) is 0 Å². The maximum atomic E-state index is 3.80. The molecule has 0 fully saturated rings. The summed E-state index contributed by atoms with van der Waals surface area (Å²) < 4.78 is 0. The van der Waals surface area contributed by atoms with Crippen molar-refractivity contribution >= 4 is 5.57 Å². The van der Waals surface area contributed by atoms with Crippen LogP contribution < -0.4 is 0 Å². The van der Waals surface area contributed by atoms with Crippen molar-refractivity contribution in [1.82, 2.24) is 0 Å². The van der Waals surface area contributed by atoms with Crippen molar-refractivity contribution in [3.63, 3.8) is 0 Å². The quantitative estimate of drug-likeness (QED) is 0.615. The summed E-state index contributed by atoms with van der Waals surface area (Å²) in [6, 6.07) is 10.5. The van der Waals surface area contributed by atoms with Crippen LogP contribution in [0.15, 0.2) is 60.2 Å². The SMILES string of the molecule is C=C/C=C(\C(C)=C(/C)c1ccccc1)C(C)C.